The molecule has 0 radical (unpaired) electrons. The summed E-state index contributed by atoms with van der Waals surface area (Å²) in [6, 6.07) is 8.58. The van der Waals surface area contributed by atoms with Gasteiger partial charge in [-0.15, -0.1) is 0 Å². The van der Waals surface area contributed by atoms with E-state index < -0.39 is 0 Å². The molecule has 3 nitrogen and oxygen atoms in total. The third-order valence-electron chi connectivity index (χ3n) is 4.05. The van der Waals surface area contributed by atoms with Crippen molar-refractivity contribution in [1.29, 1.82) is 0 Å². The van der Waals surface area contributed by atoms with Crippen LogP contribution in [0.5, 0.6) is 5.88 Å². The molecule has 2 aromatic rings. The zero-order valence-corrected chi connectivity index (χ0v) is 13.2. The maximum Gasteiger partial charge on any atom is 0.221 e. The van der Waals surface area contributed by atoms with Gasteiger partial charge in [-0.1, -0.05) is 28.4 Å². The van der Waals surface area contributed by atoms with E-state index in [0.29, 0.717) is 6.04 Å². The summed E-state index contributed by atoms with van der Waals surface area (Å²) in [7, 11) is 2.01. The molecule has 0 bridgehead atoms. The molecule has 3 rings (SSSR count). The van der Waals surface area contributed by atoms with Crippen LogP contribution in [0.4, 0.5) is 0 Å². The van der Waals surface area contributed by atoms with Crippen molar-refractivity contribution < 1.29 is 4.74 Å². The number of fused-ring (bicyclic) bond motifs is 1. The number of hydrogen-bond donors (Lipinski definition) is 1. The Balaban J connectivity index is 1.92. The minimum atomic E-state index is 0.214. The van der Waals surface area contributed by atoms with Crippen molar-refractivity contribution in [1.82, 2.24) is 10.3 Å². The number of hydrogen-bond acceptors (Lipinski definition) is 3. The smallest absolute Gasteiger partial charge is 0.221 e. The highest BCUT2D eigenvalue weighted by Crippen LogP contribution is 2.31. The fraction of sp³-hybridized carbons (Fsp3) is 0.438. The fourth-order valence-corrected chi connectivity index (χ4v) is 3.45. The van der Waals surface area contributed by atoms with E-state index in [1.165, 1.54) is 19.3 Å². The van der Waals surface area contributed by atoms with Crippen molar-refractivity contribution in [2.45, 2.75) is 37.8 Å². The van der Waals surface area contributed by atoms with E-state index in [4.69, 9.17) is 4.74 Å². The molecule has 2 unspecified atom stereocenters. The Hall–Kier alpha value is -1.13. The van der Waals surface area contributed by atoms with E-state index in [1.807, 2.05) is 31.4 Å². The summed E-state index contributed by atoms with van der Waals surface area (Å²) in [5, 5.41) is 5.59. The van der Waals surface area contributed by atoms with Gasteiger partial charge in [0.05, 0.1) is 0 Å². The fourth-order valence-electron chi connectivity index (χ4n) is 2.95. The Morgan fingerprint density at radius 1 is 1.20 bits per heavy atom. The van der Waals surface area contributed by atoms with Crippen molar-refractivity contribution in [3.8, 4) is 5.88 Å². The number of ether oxygens (including phenoxy) is 1. The molecule has 0 aliphatic heterocycles. The number of likely N-dealkylation sites (N-methyl/N-ethyl adjacent to an activating group) is 1. The van der Waals surface area contributed by atoms with Crippen molar-refractivity contribution in [3.05, 3.63) is 34.9 Å². The molecule has 1 N–H and O–H groups in total. The van der Waals surface area contributed by atoms with Gasteiger partial charge < -0.3 is 10.1 Å². The average Bonchev–Trinajstić information content (AvgIpc) is 2.49. The second kappa shape index (κ2) is 6.10. The lowest BCUT2D eigenvalue weighted by Gasteiger charge is -2.31. The minimum Gasteiger partial charge on any atom is -0.472 e. The Kier molecular flexibility index (Phi) is 4.22. The number of nitrogens with zero attached hydrogens (tertiary/aromatic N) is 1. The first-order chi connectivity index (χ1) is 9.79. The van der Waals surface area contributed by atoms with Crippen LogP contribution in [0.1, 0.15) is 25.7 Å². The topological polar surface area (TPSA) is 34.1 Å². The second-order valence-electron chi connectivity index (χ2n) is 5.29. The molecule has 0 amide bonds. The Labute approximate surface area is 127 Å². The van der Waals surface area contributed by atoms with Gasteiger partial charge in [0.25, 0.3) is 0 Å². The Bertz CT molecular complexity index is 602. The van der Waals surface area contributed by atoms with E-state index in [2.05, 4.69) is 32.3 Å². The zero-order valence-electron chi connectivity index (χ0n) is 11.6. The van der Waals surface area contributed by atoms with Crippen LogP contribution in [0.25, 0.3) is 10.8 Å². The molecule has 1 aromatic carbocycles. The number of benzene rings is 1. The number of nitrogens with one attached hydrogen (secondary N) is 1. The first kappa shape index (κ1) is 13.8. The van der Waals surface area contributed by atoms with Gasteiger partial charge in [-0.05, 0) is 44.5 Å². The summed E-state index contributed by atoms with van der Waals surface area (Å²) in [6.07, 6.45) is 6.81. The monoisotopic (exact) mass is 334 g/mol. The normalized spacial score (nSPS) is 22.9. The molecule has 1 aromatic heterocycles. The number of pyridine rings is 1. The van der Waals surface area contributed by atoms with E-state index in [0.717, 1.165) is 27.5 Å². The molecule has 1 aliphatic rings. The molecule has 0 saturated heterocycles. The summed E-state index contributed by atoms with van der Waals surface area (Å²) in [5.74, 6) is 0.746. The van der Waals surface area contributed by atoms with Gasteiger partial charge in [-0.3, -0.25) is 0 Å². The quantitative estimate of drug-likeness (QED) is 0.924. The summed E-state index contributed by atoms with van der Waals surface area (Å²) in [5.41, 5.74) is 0. The lowest BCUT2D eigenvalue weighted by atomic mass is 9.92. The highest BCUT2D eigenvalue weighted by molar-refractivity contribution is 9.10. The molecular weight excluding hydrogens is 316 g/mol. The summed E-state index contributed by atoms with van der Waals surface area (Å²) in [4.78, 5) is 4.44. The maximum atomic E-state index is 6.23. The molecule has 2 atom stereocenters. The van der Waals surface area contributed by atoms with Crippen molar-refractivity contribution in [2.24, 2.45) is 0 Å². The van der Waals surface area contributed by atoms with Crippen LogP contribution in [-0.2, 0) is 0 Å². The van der Waals surface area contributed by atoms with Gasteiger partial charge >= 0.3 is 0 Å². The van der Waals surface area contributed by atoms with Gasteiger partial charge in [0, 0.05) is 27.5 Å². The molecule has 1 fully saturated rings. The summed E-state index contributed by atoms with van der Waals surface area (Å²) in [6.45, 7) is 0. The second-order valence-corrected chi connectivity index (χ2v) is 6.14. The molecule has 106 valence electrons. The van der Waals surface area contributed by atoms with Crippen LogP contribution in [0.15, 0.2) is 34.9 Å². The zero-order chi connectivity index (χ0) is 13.9. The van der Waals surface area contributed by atoms with Crippen LogP contribution >= 0.6 is 15.9 Å². The van der Waals surface area contributed by atoms with Gasteiger partial charge in [0.15, 0.2) is 0 Å². The molecule has 1 aliphatic carbocycles. The minimum absolute atomic E-state index is 0.214. The van der Waals surface area contributed by atoms with Crippen molar-refractivity contribution >= 4 is 26.7 Å². The van der Waals surface area contributed by atoms with Gasteiger partial charge in [0.1, 0.15) is 6.10 Å². The standard InChI is InChI=1S/C16H19BrN2O/c1-18-14-7-2-3-8-15(14)20-16-12-5-4-6-13(17)11(12)9-10-19-16/h4-6,9-10,14-15,18H,2-3,7-8H2,1H3. The molecule has 1 saturated carbocycles. The Morgan fingerprint density at radius 3 is 2.90 bits per heavy atom. The molecule has 20 heavy (non-hydrogen) atoms. The van der Waals surface area contributed by atoms with Gasteiger partial charge in [0.2, 0.25) is 5.88 Å². The predicted octanol–water partition coefficient (Wildman–Crippen LogP) is 3.91. The number of rotatable bonds is 3. The largest absolute Gasteiger partial charge is 0.472 e. The van der Waals surface area contributed by atoms with E-state index in [-0.39, 0.29) is 6.10 Å². The van der Waals surface area contributed by atoms with E-state index in [9.17, 15) is 0 Å². The average molecular weight is 335 g/mol. The predicted molar refractivity (Wildman–Crippen MR) is 85.2 cm³/mol. The van der Waals surface area contributed by atoms with Crippen LogP contribution in [-0.4, -0.2) is 24.2 Å². The van der Waals surface area contributed by atoms with Gasteiger partial charge in [-0.2, -0.15) is 0 Å². The van der Waals surface area contributed by atoms with Crippen molar-refractivity contribution in [2.75, 3.05) is 7.05 Å². The molecule has 0 spiro atoms. The van der Waals surface area contributed by atoms with Crippen LogP contribution in [0.3, 0.4) is 0 Å². The third-order valence-corrected chi connectivity index (χ3v) is 4.74. The van der Waals surface area contributed by atoms with Crippen molar-refractivity contribution in [3.63, 3.8) is 0 Å². The summed E-state index contributed by atoms with van der Waals surface area (Å²) >= 11 is 3.59. The Morgan fingerprint density at radius 2 is 2.05 bits per heavy atom. The molecule has 4 heteroatoms. The highest BCUT2D eigenvalue weighted by atomic mass is 79.9. The van der Waals surface area contributed by atoms with Gasteiger partial charge in [-0.25, -0.2) is 4.98 Å². The molecule has 1 heterocycles. The SMILES string of the molecule is CNC1CCCCC1Oc1nccc2c(Br)cccc12. The summed E-state index contributed by atoms with van der Waals surface area (Å²) < 4.78 is 7.31. The number of halogens is 1. The van der Waals surface area contributed by atoms with Crippen LogP contribution < -0.4 is 10.1 Å². The lowest BCUT2D eigenvalue weighted by Crippen LogP contribution is -2.43. The highest BCUT2D eigenvalue weighted by Gasteiger charge is 2.26. The first-order valence-corrected chi connectivity index (χ1v) is 7.96. The van der Waals surface area contributed by atoms with E-state index in [1.54, 1.807) is 0 Å². The van der Waals surface area contributed by atoms with Crippen LogP contribution in [0, 0.1) is 0 Å². The lowest BCUT2D eigenvalue weighted by molar-refractivity contribution is 0.115. The van der Waals surface area contributed by atoms with E-state index >= 15 is 0 Å². The maximum absolute atomic E-state index is 6.23. The number of aromatic nitrogens is 1. The molecular formula is C16H19BrN2O. The van der Waals surface area contributed by atoms with Crippen LogP contribution in [0.2, 0.25) is 0 Å². The third kappa shape index (κ3) is 2.67. The first-order valence-electron chi connectivity index (χ1n) is 7.17.